The van der Waals surface area contributed by atoms with E-state index >= 15 is 0 Å². The zero-order valence-corrected chi connectivity index (χ0v) is 14.8. The van der Waals surface area contributed by atoms with Gasteiger partial charge in [0, 0.05) is 12.6 Å². The highest BCUT2D eigenvalue weighted by Gasteiger charge is 2.17. The molecular formula is C17H36N2O2. The number of rotatable bonds is 11. The Labute approximate surface area is 131 Å². The molecule has 1 atom stereocenters. The largest absolute Gasteiger partial charge is 0.444 e. The number of nitrogens with one attached hydrogen (secondary N) is 2. The number of amides is 1. The second kappa shape index (κ2) is 11.8. The zero-order valence-electron chi connectivity index (χ0n) is 14.8. The summed E-state index contributed by atoms with van der Waals surface area (Å²) in [6.07, 6.45) is 8.31. The van der Waals surface area contributed by atoms with Gasteiger partial charge in [0.15, 0.2) is 0 Å². The van der Waals surface area contributed by atoms with Gasteiger partial charge in [-0.25, -0.2) is 4.79 Å². The number of carbonyl (C=O) groups is 1. The predicted octanol–water partition coefficient (Wildman–Crippen LogP) is 4.24. The van der Waals surface area contributed by atoms with E-state index in [1.807, 2.05) is 20.8 Å². The third-order valence-corrected chi connectivity index (χ3v) is 3.24. The molecule has 21 heavy (non-hydrogen) atoms. The lowest BCUT2D eigenvalue weighted by Gasteiger charge is -2.22. The molecule has 0 fully saturated rings. The Bertz CT molecular complexity index is 262. The number of hydrogen-bond donors (Lipinski definition) is 2. The standard InChI is InChI=1S/C17H36N2O2/c1-6-8-9-10-11-13-18-15(12-7-2)14-19-16(20)21-17(3,4)5/h15,18H,6-14H2,1-5H3,(H,19,20). The highest BCUT2D eigenvalue weighted by atomic mass is 16.6. The van der Waals surface area contributed by atoms with E-state index in [0.717, 1.165) is 19.4 Å². The fourth-order valence-corrected chi connectivity index (χ4v) is 2.18. The lowest BCUT2D eigenvalue weighted by atomic mass is 10.1. The molecule has 4 heteroatoms. The Morgan fingerprint density at radius 1 is 1.05 bits per heavy atom. The van der Waals surface area contributed by atoms with Crippen molar-refractivity contribution < 1.29 is 9.53 Å². The third-order valence-electron chi connectivity index (χ3n) is 3.24. The molecule has 0 spiro atoms. The molecule has 126 valence electrons. The molecule has 0 aliphatic heterocycles. The number of ether oxygens (including phenoxy) is 1. The highest BCUT2D eigenvalue weighted by Crippen LogP contribution is 2.07. The second-order valence-electron chi connectivity index (χ2n) is 6.74. The van der Waals surface area contributed by atoms with Gasteiger partial charge in [-0.1, -0.05) is 46.0 Å². The maximum Gasteiger partial charge on any atom is 0.407 e. The van der Waals surface area contributed by atoms with Crippen LogP contribution < -0.4 is 10.6 Å². The molecule has 1 unspecified atom stereocenters. The summed E-state index contributed by atoms with van der Waals surface area (Å²) in [6.45, 7) is 11.7. The molecule has 0 aromatic heterocycles. The SMILES string of the molecule is CCCCCCCNC(CCC)CNC(=O)OC(C)(C)C. The van der Waals surface area contributed by atoms with Crippen LogP contribution in [0.4, 0.5) is 4.79 Å². The van der Waals surface area contributed by atoms with Gasteiger partial charge in [0.05, 0.1) is 0 Å². The number of carbonyl (C=O) groups excluding carboxylic acids is 1. The lowest BCUT2D eigenvalue weighted by molar-refractivity contribution is 0.0521. The minimum Gasteiger partial charge on any atom is -0.444 e. The molecular weight excluding hydrogens is 264 g/mol. The van der Waals surface area contributed by atoms with Crippen molar-refractivity contribution in [1.29, 1.82) is 0 Å². The Balaban J connectivity index is 3.83. The Morgan fingerprint density at radius 2 is 1.71 bits per heavy atom. The molecule has 4 nitrogen and oxygen atoms in total. The summed E-state index contributed by atoms with van der Waals surface area (Å²) in [7, 11) is 0. The first kappa shape index (κ1) is 20.2. The van der Waals surface area contributed by atoms with Crippen LogP contribution in [0.3, 0.4) is 0 Å². The Kier molecular flexibility index (Phi) is 11.4. The third kappa shape index (κ3) is 13.9. The smallest absolute Gasteiger partial charge is 0.407 e. The maximum absolute atomic E-state index is 11.7. The molecule has 0 saturated carbocycles. The molecule has 0 heterocycles. The molecule has 0 aromatic carbocycles. The first-order valence-electron chi connectivity index (χ1n) is 8.59. The minimum absolute atomic E-state index is 0.326. The van der Waals surface area contributed by atoms with Crippen LogP contribution in [0, 0.1) is 0 Å². The van der Waals surface area contributed by atoms with Crippen LogP contribution in [0.15, 0.2) is 0 Å². The van der Waals surface area contributed by atoms with Gasteiger partial charge in [0.2, 0.25) is 0 Å². The van der Waals surface area contributed by atoms with Crippen molar-refractivity contribution in [3.8, 4) is 0 Å². The van der Waals surface area contributed by atoms with Gasteiger partial charge < -0.3 is 15.4 Å². The highest BCUT2D eigenvalue weighted by molar-refractivity contribution is 5.67. The average Bonchev–Trinajstić information content (AvgIpc) is 2.37. The Hall–Kier alpha value is -0.770. The van der Waals surface area contributed by atoms with Gasteiger partial charge in [-0.05, 0) is 40.2 Å². The first-order valence-corrected chi connectivity index (χ1v) is 8.59. The van der Waals surface area contributed by atoms with E-state index in [2.05, 4.69) is 24.5 Å². The van der Waals surface area contributed by atoms with E-state index in [0.29, 0.717) is 12.6 Å². The quantitative estimate of drug-likeness (QED) is 0.561. The van der Waals surface area contributed by atoms with Crippen LogP contribution in [0.2, 0.25) is 0 Å². The van der Waals surface area contributed by atoms with E-state index < -0.39 is 5.60 Å². The summed E-state index contributed by atoms with van der Waals surface area (Å²) in [5.74, 6) is 0. The van der Waals surface area contributed by atoms with Crippen LogP contribution in [-0.4, -0.2) is 30.8 Å². The molecule has 0 aliphatic carbocycles. The topological polar surface area (TPSA) is 50.4 Å². The Morgan fingerprint density at radius 3 is 2.29 bits per heavy atom. The van der Waals surface area contributed by atoms with Gasteiger partial charge >= 0.3 is 6.09 Å². The van der Waals surface area contributed by atoms with Gasteiger partial charge in [-0.15, -0.1) is 0 Å². The van der Waals surface area contributed by atoms with Crippen molar-refractivity contribution in [3.63, 3.8) is 0 Å². The molecule has 0 aromatic rings. The summed E-state index contributed by atoms with van der Waals surface area (Å²) in [5, 5.41) is 6.41. The van der Waals surface area contributed by atoms with E-state index in [9.17, 15) is 4.79 Å². The van der Waals surface area contributed by atoms with Crippen molar-refractivity contribution in [2.24, 2.45) is 0 Å². The molecule has 0 saturated heterocycles. The fraction of sp³-hybridized carbons (Fsp3) is 0.941. The van der Waals surface area contributed by atoms with Crippen LogP contribution in [0.1, 0.15) is 79.6 Å². The number of hydrogen-bond acceptors (Lipinski definition) is 3. The number of alkyl carbamates (subject to hydrolysis) is 1. The van der Waals surface area contributed by atoms with Crippen molar-refractivity contribution in [3.05, 3.63) is 0 Å². The molecule has 1 amide bonds. The number of unbranched alkanes of at least 4 members (excludes halogenated alkanes) is 4. The van der Waals surface area contributed by atoms with Crippen LogP contribution in [0.25, 0.3) is 0 Å². The van der Waals surface area contributed by atoms with Gasteiger partial charge in [-0.2, -0.15) is 0 Å². The van der Waals surface area contributed by atoms with E-state index in [4.69, 9.17) is 4.74 Å². The minimum atomic E-state index is -0.433. The molecule has 0 aliphatic rings. The fourth-order valence-electron chi connectivity index (χ4n) is 2.18. The first-order chi connectivity index (χ1) is 9.89. The normalized spacial score (nSPS) is 13.0. The summed E-state index contributed by atoms with van der Waals surface area (Å²) in [4.78, 5) is 11.7. The van der Waals surface area contributed by atoms with Gasteiger partial charge in [0.25, 0.3) is 0 Å². The van der Waals surface area contributed by atoms with E-state index in [1.54, 1.807) is 0 Å². The molecule has 0 radical (unpaired) electrons. The summed E-state index contributed by atoms with van der Waals surface area (Å²) in [6, 6.07) is 0.341. The average molecular weight is 300 g/mol. The van der Waals surface area contributed by atoms with Crippen molar-refractivity contribution in [2.45, 2.75) is 91.2 Å². The summed E-state index contributed by atoms with van der Waals surface area (Å²) in [5.41, 5.74) is -0.433. The maximum atomic E-state index is 11.7. The van der Waals surface area contributed by atoms with Crippen molar-refractivity contribution >= 4 is 6.09 Å². The predicted molar refractivity (Wildman–Crippen MR) is 89.7 cm³/mol. The van der Waals surface area contributed by atoms with Crippen LogP contribution in [0.5, 0.6) is 0 Å². The van der Waals surface area contributed by atoms with Crippen molar-refractivity contribution in [1.82, 2.24) is 10.6 Å². The van der Waals surface area contributed by atoms with Crippen LogP contribution in [-0.2, 0) is 4.74 Å². The molecule has 0 bridgehead atoms. The molecule has 2 N–H and O–H groups in total. The van der Waals surface area contributed by atoms with Crippen molar-refractivity contribution in [2.75, 3.05) is 13.1 Å². The van der Waals surface area contributed by atoms with Gasteiger partial charge in [-0.3, -0.25) is 0 Å². The van der Waals surface area contributed by atoms with Crippen LogP contribution >= 0.6 is 0 Å². The van der Waals surface area contributed by atoms with Gasteiger partial charge in [0.1, 0.15) is 5.60 Å². The monoisotopic (exact) mass is 300 g/mol. The van der Waals surface area contributed by atoms with E-state index in [1.165, 1.54) is 32.1 Å². The zero-order chi connectivity index (χ0) is 16.1. The summed E-state index contributed by atoms with van der Waals surface area (Å²) >= 11 is 0. The molecule has 0 rings (SSSR count). The second-order valence-corrected chi connectivity index (χ2v) is 6.74. The summed E-state index contributed by atoms with van der Waals surface area (Å²) < 4.78 is 5.26. The lowest BCUT2D eigenvalue weighted by Crippen LogP contribution is -2.43. The van der Waals surface area contributed by atoms with E-state index in [-0.39, 0.29) is 6.09 Å².